The van der Waals surface area contributed by atoms with E-state index in [1.165, 1.54) is 0 Å². The second-order valence-corrected chi connectivity index (χ2v) is 3.45. The van der Waals surface area contributed by atoms with Gasteiger partial charge >= 0.3 is 6.09 Å². The minimum Gasteiger partial charge on any atom is -0.450 e. The van der Waals surface area contributed by atoms with Gasteiger partial charge in [0.25, 0.3) is 0 Å². The number of hydrogen-bond donors (Lipinski definition) is 1. The van der Waals surface area contributed by atoms with Gasteiger partial charge in [0.1, 0.15) is 4.99 Å². The van der Waals surface area contributed by atoms with Crippen molar-refractivity contribution in [3.05, 3.63) is 35.4 Å². The topological polar surface area (TPSA) is 38.3 Å². The van der Waals surface area contributed by atoms with Crippen LogP contribution in [0.1, 0.15) is 18.1 Å². The van der Waals surface area contributed by atoms with Gasteiger partial charge in [0.15, 0.2) is 0 Å². The Morgan fingerprint density at radius 1 is 1.40 bits per heavy atom. The molecule has 0 aromatic heterocycles. The average Bonchev–Trinajstić information content (AvgIpc) is 2.18. The van der Waals surface area contributed by atoms with E-state index in [9.17, 15) is 4.79 Å². The minimum atomic E-state index is -0.511. The number of benzene rings is 1. The summed E-state index contributed by atoms with van der Waals surface area (Å²) >= 11 is 5.04. The maximum absolute atomic E-state index is 11.1. The molecule has 0 unspecified atom stereocenters. The molecule has 0 spiro atoms. The summed E-state index contributed by atoms with van der Waals surface area (Å²) in [4.78, 5) is 11.5. The van der Waals surface area contributed by atoms with Gasteiger partial charge in [-0.2, -0.15) is 0 Å². The molecule has 1 aromatic carbocycles. The first kappa shape index (κ1) is 11.7. The molecule has 1 amide bonds. The summed E-state index contributed by atoms with van der Waals surface area (Å²) in [5.74, 6) is 0. The SMILES string of the molecule is CCOC(=O)NC(=S)c1ccc(C)cc1. The molecule has 1 aromatic rings. The number of hydrogen-bond acceptors (Lipinski definition) is 3. The summed E-state index contributed by atoms with van der Waals surface area (Å²) in [7, 11) is 0. The zero-order valence-corrected chi connectivity index (χ0v) is 9.56. The third-order valence-electron chi connectivity index (χ3n) is 1.80. The average molecular weight is 223 g/mol. The molecule has 1 rings (SSSR count). The second-order valence-electron chi connectivity index (χ2n) is 3.04. The van der Waals surface area contributed by atoms with Gasteiger partial charge in [-0.3, -0.25) is 5.32 Å². The van der Waals surface area contributed by atoms with E-state index in [0.29, 0.717) is 11.6 Å². The van der Waals surface area contributed by atoms with Gasteiger partial charge in [-0.15, -0.1) is 0 Å². The Labute approximate surface area is 94.4 Å². The van der Waals surface area contributed by atoms with Crippen LogP contribution in [0.2, 0.25) is 0 Å². The Morgan fingerprint density at radius 3 is 2.53 bits per heavy atom. The maximum Gasteiger partial charge on any atom is 0.412 e. The van der Waals surface area contributed by atoms with Gasteiger partial charge in [-0.05, 0) is 13.8 Å². The van der Waals surface area contributed by atoms with Crippen molar-refractivity contribution in [1.82, 2.24) is 5.32 Å². The van der Waals surface area contributed by atoms with Gasteiger partial charge in [-0.25, -0.2) is 4.79 Å². The lowest BCUT2D eigenvalue weighted by molar-refractivity contribution is 0.158. The van der Waals surface area contributed by atoms with Crippen LogP contribution in [0.25, 0.3) is 0 Å². The Balaban J connectivity index is 2.61. The third kappa shape index (κ3) is 3.67. The Kier molecular flexibility index (Phi) is 4.24. The van der Waals surface area contributed by atoms with Crippen molar-refractivity contribution in [3.8, 4) is 0 Å². The number of aryl methyl sites for hydroxylation is 1. The summed E-state index contributed by atoms with van der Waals surface area (Å²) in [6, 6.07) is 7.61. The zero-order valence-electron chi connectivity index (χ0n) is 8.74. The Morgan fingerprint density at radius 2 is 2.00 bits per heavy atom. The summed E-state index contributed by atoms with van der Waals surface area (Å²) in [5.41, 5.74) is 1.96. The van der Waals surface area contributed by atoms with Crippen LogP contribution in [0.4, 0.5) is 4.79 Å². The van der Waals surface area contributed by atoms with Gasteiger partial charge in [0.05, 0.1) is 6.61 Å². The molecule has 4 heteroatoms. The predicted molar refractivity (Wildman–Crippen MR) is 63.0 cm³/mol. The van der Waals surface area contributed by atoms with E-state index in [1.54, 1.807) is 6.92 Å². The number of thiocarbonyl (C=S) groups is 1. The van der Waals surface area contributed by atoms with E-state index in [1.807, 2.05) is 31.2 Å². The van der Waals surface area contributed by atoms with Crippen molar-refractivity contribution in [2.45, 2.75) is 13.8 Å². The zero-order chi connectivity index (χ0) is 11.3. The summed E-state index contributed by atoms with van der Waals surface area (Å²) in [5, 5.41) is 2.49. The van der Waals surface area contributed by atoms with Crippen LogP contribution >= 0.6 is 12.2 Å². The van der Waals surface area contributed by atoms with Crippen LogP contribution in [-0.4, -0.2) is 17.7 Å². The summed E-state index contributed by atoms with van der Waals surface area (Å²) in [6.07, 6.45) is -0.511. The number of rotatable bonds is 2. The van der Waals surface area contributed by atoms with Crippen LogP contribution in [-0.2, 0) is 4.74 Å². The van der Waals surface area contributed by atoms with Crippen molar-refractivity contribution in [2.75, 3.05) is 6.61 Å². The maximum atomic E-state index is 11.1. The van der Waals surface area contributed by atoms with Crippen LogP contribution in [0.3, 0.4) is 0 Å². The molecule has 0 saturated heterocycles. The molecule has 0 bridgehead atoms. The van der Waals surface area contributed by atoms with E-state index in [2.05, 4.69) is 5.32 Å². The molecule has 0 heterocycles. The minimum absolute atomic E-state index is 0.336. The largest absolute Gasteiger partial charge is 0.450 e. The van der Waals surface area contributed by atoms with Gasteiger partial charge in [0, 0.05) is 5.56 Å². The van der Waals surface area contributed by atoms with E-state index in [4.69, 9.17) is 17.0 Å². The van der Waals surface area contributed by atoms with E-state index in [0.717, 1.165) is 11.1 Å². The molecule has 0 aliphatic rings. The molecule has 0 aliphatic heterocycles. The smallest absolute Gasteiger partial charge is 0.412 e. The molecular weight excluding hydrogens is 210 g/mol. The number of amides is 1. The first-order valence-corrected chi connectivity index (χ1v) is 5.09. The summed E-state index contributed by atoms with van der Waals surface area (Å²) in [6.45, 7) is 4.07. The number of ether oxygens (including phenoxy) is 1. The molecular formula is C11H13NO2S. The molecule has 0 atom stereocenters. The molecule has 3 nitrogen and oxygen atoms in total. The molecule has 15 heavy (non-hydrogen) atoms. The van der Waals surface area contributed by atoms with E-state index in [-0.39, 0.29) is 0 Å². The molecule has 1 N–H and O–H groups in total. The lowest BCUT2D eigenvalue weighted by Crippen LogP contribution is -2.30. The molecule has 80 valence electrons. The van der Waals surface area contributed by atoms with E-state index >= 15 is 0 Å². The highest BCUT2D eigenvalue weighted by molar-refractivity contribution is 7.80. The standard InChI is InChI=1S/C11H13NO2S/c1-3-14-11(13)12-10(15)9-6-4-8(2)5-7-9/h4-7H,3H2,1-2H3,(H,12,13,15). The summed E-state index contributed by atoms with van der Waals surface area (Å²) < 4.78 is 4.72. The fraction of sp³-hybridized carbons (Fsp3) is 0.273. The first-order valence-electron chi connectivity index (χ1n) is 4.68. The van der Waals surface area contributed by atoms with Crippen molar-refractivity contribution in [3.63, 3.8) is 0 Å². The predicted octanol–water partition coefficient (Wildman–Crippen LogP) is 2.42. The number of carbonyl (C=O) groups is 1. The third-order valence-corrected chi connectivity index (χ3v) is 2.14. The highest BCUT2D eigenvalue weighted by Gasteiger charge is 2.05. The van der Waals surface area contributed by atoms with Crippen LogP contribution in [0, 0.1) is 6.92 Å². The van der Waals surface area contributed by atoms with Crippen molar-refractivity contribution in [2.24, 2.45) is 0 Å². The molecule has 0 saturated carbocycles. The molecule has 0 aliphatic carbocycles. The Hall–Kier alpha value is -1.42. The lowest BCUT2D eigenvalue weighted by atomic mass is 10.1. The van der Waals surface area contributed by atoms with Gasteiger partial charge in [-0.1, -0.05) is 42.0 Å². The van der Waals surface area contributed by atoms with Crippen LogP contribution in [0.15, 0.2) is 24.3 Å². The highest BCUT2D eigenvalue weighted by Crippen LogP contribution is 2.03. The monoisotopic (exact) mass is 223 g/mol. The van der Waals surface area contributed by atoms with Gasteiger partial charge in [0.2, 0.25) is 0 Å². The second kappa shape index (κ2) is 5.46. The number of alkyl carbamates (subject to hydrolysis) is 1. The first-order chi connectivity index (χ1) is 7.13. The van der Waals surface area contributed by atoms with Crippen LogP contribution in [0.5, 0.6) is 0 Å². The quantitative estimate of drug-likeness (QED) is 0.782. The lowest BCUT2D eigenvalue weighted by Gasteiger charge is -2.06. The molecule has 0 fully saturated rings. The number of nitrogens with one attached hydrogen (secondary N) is 1. The van der Waals surface area contributed by atoms with Crippen LogP contribution < -0.4 is 5.32 Å². The van der Waals surface area contributed by atoms with Crippen molar-refractivity contribution in [1.29, 1.82) is 0 Å². The fourth-order valence-corrected chi connectivity index (χ4v) is 1.26. The Bertz CT molecular complexity index is 359. The van der Waals surface area contributed by atoms with Crippen molar-refractivity contribution >= 4 is 23.3 Å². The van der Waals surface area contributed by atoms with Crippen molar-refractivity contribution < 1.29 is 9.53 Å². The fourth-order valence-electron chi connectivity index (χ4n) is 1.04. The molecule has 0 radical (unpaired) electrons. The highest BCUT2D eigenvalue weighted by atomic mass is 32.1. The normalized spacial score (nSPS) is 9.47. The number of carbonyl (C=O) groups excluding carboxylic acids is 1. The van der Waals surface area contributed by atoms with E-state index < -0.39 is 6.09 Å². The van der Waals surface area contributed by atoms with Gasteiger partial charge < -0.3 is 4.74 Å².